The first-order valence-electron chi connectivity index (χ1n) is 5.05. The van der Waals surface area contributed by atoms with Gasteiger partial charge in [0.15, 0.2) is 0 Å². The summed E-state index contributed by atoms with van der Waals surface area (Å²) in [7, 11) is 0. The van der Waals surface area contributed by atoms with Crippen LogP contribution >= 0.6 is 27.5 Å². The fourth-order valence-corrected chi connectivity index (χ4v) is 2.15. The first-order valence-corrected chi connectivity index (χ1v) is 6.55. The fraction of sp³-hybridized carbons (Fsp3) is 0.333. The van der Waals surface area contributed by atoms with Crippen molar-refractivity contribution in [2.45, 2.75) is 18.7 Å². The van der Waals surface area contributed by atoms with Crippen molar-refractivity contribution in [3.8, 4) is 6.07 Å². The average molecular weight is 317 g/mol. The van der Waals surface area contributed by atoms with Crippen molar-refractivity contribution in [3.63, 3.8) is 0 Å². The highest BCUT2D eigenvalue weighted by Gasteiger charge is 2.12. The molecule has 0 bridgehead atoms. The van der Waals surface area contributed by atoms with E-state index in [4.69, 9.17) is 21.6 Å². The van der Waals surface area contributed by atoms with Crippen molar-refractivity contribution >= 4 is 33.5 Å². The van der Waals surface area contributed by atoms with Crippen molar-refractivity contribution in [3.05, 3.63) is 33.8 Å². The zero-order chi connectivity index (χ0) is 12.8. The lowest BCUT2D eigenvalue weighted by Crippen LogP contribution is -2.09. The molecule has 0 radical (unpaired) electrons. The van der Waals surface area contributed by atoms with Crippen LogP contribution in [0.25, 0.3) is 0 Å². The van der Waals surface area contributed by atoms with Crippen molar-refractivity contribution in [2.75, 3.05) is 6.61 Å². The molecule has 0 heterocycles. The third kappa shape index (κ3) is 3.72. The van der Waals surface area contributed by atoms with E-state index < -0.39 is 0 Å². The number of carbonyl (C=O) groups is 1. The standard InChI is InChI=1S/C12H11BrClNO2/c1-2-17-12(16)5-8-3-10(7-15)11(14)4-9(8)6-13/h3-4H,2,5-6H2,1H3. The third-order valence-electron chi connectivity index (χ3n) is 2.19. The van der Waals surface area contributed by atoms with E-state index in [2.05, 4.69) is 15.9 Å². The van der Waals surface area contributed by atoms with Gasteiger partial charge < -0.3 is 4.74 Å². The van der Waals surface area contributed by atoms with Gasteiger partial charge in [0.1, 0.15) is 6.07 Å². The summed E-state index contributed by atoms with van der Waals surface area (Å²) < 4.78 is 4.88. The van der Waals surface area contributed by atoms with Crippen LogP contribution in [0.1, 0.15) is 23.6 Å². The summed E-state index contributed by atoms with van der Waals surface area (Å²) in [5, 5.41) is 9.86. The Morgan fingerprint density at radius 2 is 2.24 bits per heavy atom. The quantitative estimate of drug-likeness (QED) is 0.633. The number of carbonyl (C=O) groups excluding carboxylic acids is 1. The van der Waals surface area contributed by atoms with Crippen molar-refractivity contribution in [1.82, 2.24) is 0 Å². The highest BCUT2D eigenvalue weighted by atomic mass is 79.9. The van der Waals surface area contributed by atoms with E-state index in [0.717, 1.165) is 11.1 Å². The summed E-state index contributed by atoms with van der Waals surface area (Å²) in [6, 6.07) is 5.33. The largest absolute Gasteiger partial charge is 0.466 e. The second kappa shape index (κ2) is 6.63. The van der Waals surface area contributed by atoms with Crippen LogP contribution in [-0.2, 0) is 21.3 Å². The van der Waals surface area contributed by atoms with Gasteiger partial charge in [-0.3, -0.25) is 4.79 Å². The van der Waals surface area contributed by atoms with Crippen molar-refractivity contribution in [2.24, 2.45) is 0 Å². The molecule has 0 aliphatic rings. The molecule has 1 aromatic carbocycles. The number of rotatable bonds is 4. The second-order valence-electron chi connectivity index (χ2n) is 3.33. The molecule has 0 aliphatic heterocycles. The van der Waals surface area contributed by atoms with E-state index in [9.17, 15) is 4.79 Å². The molecule has 0 unspecified atom stereocenters. The van der Waals surface area contributed by atoms with E-state index in [-0.39, 0.29) is 12.4 Å². The Balaban J connectivity index is 3.05. The number of halogens is 2. The molecule has 0 amide bonds. The Morgan fingerprint density at radius 3 is 2.76 bits per heavy atom. The number of hydrogen-bond acceptors (Lipinski definition) is 3. The van der Waals surface area contributed by atoms with Gasteiger partial charge in [-0.25, -0.2) is 0 Å². The fourth-order valence-electron chi connectivity index (χ4n) is 1.40. The molecule has 0 fully saturated rings. The number of alkyl halides is 1. The molecule has 0 saturated heterocycles. The topological polar surface area (TPSA) is 50.1 Å². The number of benzene rings is 1. The van der Waals surface area contributed by atoms with Crippen LogP contribution in [0.5, 0.6) is 0 Å². The van der Waals surface area contributed by atoms with Crippen LogP contribution in [0.15, 0.2) is 12.1 Å². The maximum absolute atomic E-state index is 11.4. The monoisotopic (exact) mass is 315 g/mol. The molecular formula is C12H11BrClNO2. The minimum atomic E-state index is -0.305. The minimum absolute atomic E-state index is 0.153. The van der Waals surface area contributed by atoms with Gasteiger partial charge >= 0.3 is 5.97 Å². The molecule has 0 aliphatic carbocycles. The highest BCUT2D eigenvalue weighted by molar-refractivity contribution is 9.08. The van der Waals surface area contributed by atoms with E-state index in [1.807, 2.05) is 6.07 Å². The summed E-state index contributed by atoms with van der Waals surface area (Å²) >= 11 is 9.24. The van der Waals surface area contributed by atoms with Crippen molar-refractivity contribution in [1.29, 1.82) is 5.26 Å². The predicted molar refractivity (Wildman–Crippen MR) is 69.1 cm³/mol. The number of nitriles is 1. The van der Waals surface area contributed by atoms with Gasteiger partial charge in [0, 0.05) is 5.33 Å². The number of ether oxygens (including phenoxy) is 1. The van der Waals surface area contributed by atoms with Crippen molar-refractivity contribution < 1.29 is 9.53 Å². The molecule has 0 N–H and O–H groups in total. The van der Waals surface area contributed by atoms with Gasteiger partial charge in [-0.2, -0.15) is 5.26 Å². The molecule has 90 valence electrons. The summed E-state index contributed by atoms with van der Waals surface area (Å²) in [4.78, 5) is 11.4. The summed E-state index contributed by atoms with van der Waals surface area (Å²) in [6.45, 7) is 2.10. The van der Waals surface area contributed by atoms with E-state index in [1.165, 1.54) is 0 Å². The van der Waals surface area contributed by atoms with Crippen LogP contribution < -0.4 is 0 Å². The lowest BCUT2D eigenvalue weighted by molar-refractivity contribution is -0.142. The minimum Gasteiger partial charge on any atom is -0.466 e. The third-order valence-corrected chi connectivity index (χ3v) is 3.11. The lowest BCUT2D eigenvalue weighted by Gasteiger charge is -2.08. The van der Waals surface area contributed by atoms with Gasteiger partial charge in [-0.1, -0.05) is 27.5 Å². The molecule has 1 aromatic rings. The van der Waals surface area contributed by atoms with Crippen LogP contribution in [0.2, 0.25) is 5.02 Å². The smallest absolute Gasteiger partial charge is 0.310 e. The molecule has 0 saturated carbocycles. The molecule has 3 nitrogen and oxygen atoms in total. The Bertz CT molecular complexity index is 468. The van der Waals surface area contributed by atoms with E-state index in [0.29, 0.717) is 22.5 Å². The predicted octanol–water partition coefficient (Wildman–Crippen LogP) is 3.21. The van der Waals surface area contributed by atoms with Gasteiger partial charge in [0.2, 0.25) is 0 Å². The summed E-state index contributed by atoms with van der Waals surface area (Å²) in [6.07, 6.45) is 0.153. The van der Waals surface area contributed by atoms with Crippen LogP contribution in [0.4, 0.5) is 0 Å². The van der Waals surface area contributed by atoms with Crippen LogP contribution in [-0.4, -0.2) is 12.6 Å². The van der Waals surface area contributed by atoms with Gasteiger partial charge in [0.05, 0.1) is 23.6 Å². The molecular weight excluding hydrogens is 305 g/mol. The molecule has 5 heteroatoms. The summed E-state index contributed by atoms with van der Waals surface area (Å²) in [5.41, 5.74) is 2.03. The maximum Gasteiger partial charge on any atom is 0.310 e. The first-order chi connectivity index (χ1) is 8.12. The molecule has 17 heavy (non-hydrogen) atoms. The lowest BCUT2D eigenvalue weighted by atomic mass is 10.0. The number of nitrogens with zero attached hydrogens (tertiary/aromatic N) is 1. The highest BCUT2D eigenvalue weighted by Crippen LogP contribution is 2.23. The first kappa shape index (κ1) is 14.0. The SMILES string of the molecule is CCOC(=O)Cc1cc(C#N)c(Cl)cc1CBr. The molecule has 1 rings (SSSR count). The van der Waals surface area contributed by atoms with Gasteiger partial charge in [-0.05, 0) is 30.2 Å². The Labute approximate surface area is 113 Å². The van der Waals surface area contributed by atoms with Crippen LogP contribution in [0.3, 0.4) is 0 Å². The number of hydrogen-bond donors (Lipinski definition) is 0. The Morgan fingerprint density at radius 1 is 1.53 bits per heavy atom. The molecule has 0 atom stereocenters. The normalized spacial score (nSPS) is 9.76. The zero-order valence-corrected chi connectivity index (χ0v) is 11.6. The van der Waals surface area contributed by atoms with E-state index >= 15 is 0 Å². The Kier molecular flexibility index (Phi) is 5.46. The Hall–Kier alpha value is -1.05. The van der Waals surface area contributed by atoms with Gasteiger partial charge in [0.25, 0.3) is 0 Å². The molecule has 0 aromatic heterocycles. The second-order valence-corrected chi connectivity index (χ2v) is 4.30. The van der Waals surface area contributed by atoms with E-state index in [1.54, 1.807) is 19.1 Å². The average Bonchev–Trinajstić information content (AvgIpc) is 2.31. The maximum atomic E-state index is 11.4. The molecule has 0 spiro atoms. The van der Waals surface area contributed by atoms with Gasteiger partial charge in [-0.15, -0.1) is 0 Å². The zero-order valence-electron chi connectivity index (χ0n) is 9.30. The summed E-state index contributed by atoms with van der Waals surface area (Å²) in [5.74, 6) is -0.305. The van der Waals surface area contributed by atoms with Crippen LogP contribution in [0, 0.1) is 11.3 Å². The number of esters is 1.